The van der Waals surface area contributed by atoms with Crippen molar-refractivity contribution in [2.75, 3.05) is 19.1 Å². The van der Waals surface area contributed by atoms with Crippen LogP contribution in [0.2, 0.25) is 0 Å². The SMILES string of the molecule is CN(C)n1cnc2ncnc-2c1. The van der Waals surface area contributed by atoms with Crippen LogP contribution in [-0.4, -0.2) is 33.7 Å². The fourth-order valence-electron chi connectivity index (χ4n) is 0.951. The number of hydrogen-bond acceptors (Lipinski definition) is 4. The van der Waals surface area contributed by atoms with Crippen LogP contribution in [0.15, 0.2) is 18.9 Å². The molecule has 2 heterocycles. The summed E-state index contributed by atoms with van der Waals surface area (Å²) in [5, 5.41) is 1.90. The van der Waals surface area contributed by atoms with Gasteiger partial charge >= 0.3 is 0 Å². The molecule has 0 bridgehead atoms. The van der Waals surface area contributed by atoms with Gasteiger partial charge in [0.15, 0.2) is 5.82 Å². The molecular weight excluding hydrogens is 154 g/mol. The molecule has 12 heavy (non-hydrogen) atoms. The van der Waals surface area contributed by atoms with E-state index < -0.39 is 0 Å². The van der Waals surface area contributed by atoms with Gasteiger partial charge in [0.05, 0.1) is 6.20 Å². The van der Waals surface area contributed by atoms with Gasteiger partial charge in [-0.2, -0.15) is 0 Å². The Hall–Kier alpha value is -1.65. The zero-order valence-corrected chi connectivity index (χ0v) is 6.97. The molecule has 2 rings (SSSR count). The average molecular weight is 163 g/mol. The molecule has 0 saturated carbocycles. The maximum Gasteiger partial charge on any atom is 0.182 e. The molecular formula is C7H9N5. The molecule has 0 aliphatic carbocycles. The predicted octanol–water partition coefficient (Wildman–Crippen LogP) is -0.0245. The lowest BCUT2D eigenvalue weighted by Crippen LogP contribution is -2.25. The van der Waals surface area contributed by atoms with Crippen molar-refractivity contribution in [1.82, 2.24) is 19.6 Å². The smallest absolute Gasteiger partial charge is 0.182 e. The van der Waals surface area contributed by atoms with Crippen molar-refractivity contribution in [3.8, 4) is 11.5 Å². The molecule has 0 aromatic carbocycles. The summed E-state index contributed by atoms with van der Waals surface area (Å²) >= 11 is 0. The van der Waals surface area contributed by atoms with Crippen LogP contribution in [0.4, 0.5) is 0 Å². The van der Waals surface area contributed by atoms with E-state index in [0.717, 1.165) is 5.69 Å². The van der Waals surface area contributed by atoms with Gasteiger partial charge in [0.2, 0.25) is 0 Å². The number of rotatable bonds is 1. The second-order valence-electron chi connectivity index (χ2n) is 2.68. The minimum atomic E-state index is 0.688. The van der Waals surface area contributed by atoms with Gasteiger partial charge in [0.1, 0.15) is 18.3 Å². The van der Waals surface area contributed by atoms with E-state index in [4.69, 9.17) is 0 Å². The van der Waals surface area contributed by atoms with Crippen molar-refractivity contribution in [2.24, 2.45) is 0 Å². The molecule has 2 aliphatic rings. The van der Waals surface area contributed by atoms with E-state index in [9.17, 15) is 0 Å². The summed E-state index contributed by atoms with van der Waals surface area (Å²) in [6, 6.07) is 0. The van der Waals surface area contributed by atoms with Crippen LogP contribution in [0.3, 0.4) is 0 Å². The summed E-state index contributed by atoms with van der Waals surface area (Å²) in [6.07, 6.45) is 5.10. The Bertz CT molecular complexity index is 353. The number of imidazole rings is 1. The van der Waals surface area contributed by atoms with Gasteiger partial charge < -0.3 is 5.01 Å². The minimum Gasteiger partial charge on any atom is -0.318 e. The molecule has 0 saturated heterocycles. The summed E-state index contributed by atoms with van der Waals surface area (Å²) in [5.74, 6) is 0.688. The quantitative estimate of drug-likeness (QED) is 0.592. The normalized spacial score (nSPS) is 10.5. The molecule has 62 valence electrons. The van der Waals surface area contributed by atoms with Gasteiger partial charge in [-0.15, -0.1) is 0 Å². The first-order chi connectivity index (χ1) is 5.77. The Morgan fingerprint density at radius 1 is 1.25 bits per heavy atom. The minimum absolute atomic E-state index is 0.688. The van der Waals surface area contributed by atoms with Crippen molar-refractivity contribution in [3.05, 3.63) is 18.9 Å². The molecule has 0 atom stereocenters. The molecule has 5 nitrogen and oxygen atoms in total. The highest BCUT2D eigenvalue weighted by molar-refractivity contribution is 5.47. The van der Waals surface area contributed by atoms with Gasteiger partial charge in [0, 0.05) is 14.1 Å². The van der Waals surface area contributed by atoms with Crippen LogP contribution in [0.1, 0.15) is 0 Å². The summed E-state index contributed by atoms with van der Waals surface area (Å²) in [7, 11) is 3.87. The molecule has 0 unspecified atom stereocenters. The molecule has 5 heteroatoms. The zero-order valence-electron chi connectivity index (χ0n) is 6.97. The predicted molar refractivity (Wildman–Crippen MR) is 44.5 cm³/mol. The Morgan fingerprint density at radius 2 is 2.08 bits per heavy atom. The maximum atomic E-state index is 4.11. The second-order valence-corrected chi connectivity index (χ2v) is 2.68. The highest BCUT2D eigenvalue weighted by atomic mass is 15.5. The molecule has 0 spiro atoms. The lowest BCUT2D eigenvalue weighted by Gasteiger charge is -2.15. The Morgan fingerprint density at radius 3 is 2.83 bits per heavy atom. The number of aromatic nitrogens is 4. The van der Waals surface area contributed by atoms with E-state index in [1.54, 1.807) is 6.33 Å². The maximum absolute atomic E-state index is 4.11. The zero-order chi connectivity index (χ0) is 8.55. The van der Waals surface area contributed by atoms with Crippen molar-refractivity contribution in [2.45, 2.75) is 0 Å². The van der Waals surface area contributed by atoms with Crippen LogP contribution in [-0.2, 0) is 0 Å². The molecule has 0 N–H and O–H groups in total. The first-order valence-corrected chi connectivity index (χ1v) is 3.59. The van der Waals surface area contributed by atoms with E-state index >= 15 is 0 Å². The first-order valence-electron chi connectivity index (χ1n) is 3.59. The summed E-state index contributed by atoms with van der Waals surface area (Å²) in [5.41, 5.74) is 0.811. The monoisotopic (exact) mass is 163 g/mol. The van der Waals surface area contributed by atoms with Crippen LogP contribution < -0.4 is 5.01 Å². The van der Waals surface area contributed by atoms with Gasteiger partial charge in [-0.05, 0) is 0 Å². The summed E-state index contributed by atoms with van der Waals surface area (Å²) in [4.78, 5) is 12.1. The molecule has 0 radical (unpaired) electrons. The lowest BCUT2D eigenvalue weighted by atomic mass is 10.4. The van der Waals surface area contributed by atoms with Crippen molar-refractivity contribution < 1.29 is 0 Å². The lowest BCUT2D eigenvalue weighted by molar-refractivity contribution is 0.706. The van der Waals surface area contributed by atoms with Gasteiger partial charge in [0.25, 0.3) is 0 Å². The summed E-state index contributed by atoms with van der Waals surface area (Å²) in [6.45, 7) is 0. The third-order valence-electron chi connectivity index (χ3n) is 1.62. The van der Waals surface area contributed by atoms with Crippen molar-refractivity contribution in [1.29, 1.82) is 0 Å². The van der Waals surface area contributed by atoms with Crippen molar-refractivity contribution in [3.63, 3.8) is 0 Å². The highest BCUT2D eigenvalue weighted by Crippen LogP contribution is 2.10. The molecule has 0 aromatic heterocycles. The van der Waals surface area contributed by atoms with Crippen LogP contribution in [0.25, 0.3) is 11.5 Å². The fraction of sp³-hybridized carbons (Fsp3) is 0.286. The molecule has 0 fully saturated rings. The Kier molecular flexibility index (Phi) is 1.43. The molecule has 0 aromatic rings. The number of nitrogens with zero attached hydrogens (tertiary/aromatic N) is 5. The van der Waals surface area contributed by atoms with Crippen molar-refractivity contribution >= 4 is 0 Å². The summed E-state index contributed by atoms with van der Waals surface area (Å²) < 4.78 is 1.84. The Labute approximate surface area is 70.0 Å². The van der Waals surface area contributed by atoms with E-state index in [1.165, 1.54) is 6.33 Å². The van der Waals surface area contributed by atoms with Crippen LogP contribution in [0, 0.1) is 0 Å². The van der Waals surface area contributed by atoms with E-state index in [-0.39, 0.29) is 0 Å². The van der Waals surface area contributed by atoms with E-state index in [2.05, 4.69) is 15.0 Å². The van der Waals surface area contributed by atoms with E-state index in [1.807, 2.05) is 30.0 Å². The standard InChI is InChI=1S/C7H9N5/c1-11(2)12-3-6-7(10-5-12)9-4-8-6/h3-5H,1-2H3. The third-order valence-corrected chi connectivity index (χ3v) is 1.62. The van der Waals surface area contributed by atoms with Gasteiger partial charge in [-0.3, -0.25) is 4.68 Å². The Balaban J connectivity index is 2.54. The first kappa shape index (κ1) is 7.02. The number of hydrogen-bond donors (Lipinski definition) is 0. The van der Waals surface area contributed by atoms with Crippen LogP contribution in [0.5, 0.6) is 0 Å². The topological polar surface area (TPSA) is 46.8 Å². The van der Waals surface area contributed by atoms with Crippen LogP contribution >= 0.6 is 0 Å². The highest BCUT2D eigenvalue weighted by Gasteiger charge is 2.06. The number of fused-ring (bicyclic) bond motifs is 1. The van der Waals surface area contributed by atoms with Gasteiger partial charge in [-0.1, -0.05) is 0 Å². The second kappa shape index (κ2) is 2.44. The fourth-order valence-corrected chi connectivity index (χ4v) is 0.951. The van der Waals surface area contributed by atoms with Gasteiger partial charge in [-0.25, -0.2) is 15.0 Å². The molecule has 2 aliphatic heterocycles. The van der Waals surface area contributed by atoms with E-state index in [0.29, 0.717) is 5.82 Å². The largest absolute Gasteiger partial charge is 0.318 e. The molecule has 0 amide bonds. The third kappa shape index (κ3) is 0.990. The average Bonchev–Trinajstić information content (AvgIpc) is 2.49.